The summed E-state index contributed by atoms with van der Waals surface area (Å²) in [4.78, 5) is 12.6. The van der Waals surface area contributed by atoms with Gasteiger partial charge < -0.3 is 15.8 Å². The Labute approximate surface area is 150 Å². The molecule has 4 nitrogen and oxygen atoms in total. The third-order valence-electron chi connectivity index (χ3n) is 4.32. The average Bonchev–Trinajstić information content (AvgIpc) is 2.32. The van der Waals surface area contributed by atoms with Crippen LogP contribution in [-0.4, -0.2) is 31.2 Å². The third-order valence-corrected chi connectivity index (χ3v) is 4.32. The summed E-state index contributed by atoms with van der Waals surface area (Å²) in [6, 6.07) is 0. The van der Waals surface area contributed by atoms with E-state index >= 15 is 0 Å². The molecule has 3 N–H and O–H groups in total. The predicted octanol–water partition coefficient (Wildman–Crippen LogP) is 4.13. The van der Waals surface area contributed by atoms with Crippen LogP contribution in [-0.2, 0) is 9.53 Å². The summed E-state index contributed by atoms with van der Waals surface area (Å²) >= 11 is 0. The fourth-order valence-electron chi connectivity index (χ4n) is 3.17. The van der Waals surface area contributed by atoms with Gasteiger partial charge in [-0.15, -0.1) is 0 Å². The van der Waals surface area contributed by atoms with E-state index in [4.69, 9.17) is 10.5 Å². The van der Waals surface area contributed by atoms with Crippen molar-refractivity contribution in [2.45, 2.75) is 87.2 Å². The number of rotatable bonds is 10. The van der Waals surface area contributed by atoms with E-state index in [0.29, 0.717) is 26.1 Å². The number of carbonyl (C=O) groups is 1. The van der Waals surface area contributed by atoms with Crippen molar-refractivity contribution in [3.05, 3.63) is 0 Å². The molecule has 0 saturated carbocycles. The van der Waals surface area contributed by atoms with Gasteiger partial charge in [0.1, 0.15) is 0 Å². The maximum absolute atomic E-state index is 12.6. The Morgan fingerprint density at radius 3 is 1.96 bits per heavy atom. The monoisotopic (exact) mass is 342 g/mol. The Kier molecular flexibility index (Phi) is 8.44. The molecule has 0 aliphatic rings. The Bertz CT molecular complexity index is 393. The zero-order valence-electron chi connectivity index (χ0n) is 17.6. The van der Waals surface area contributed by atoms with Crippen molar-refractivity contribution in [1.82, 2.24) is 5.32 Å². The van der Waals surface area contributed by atoms with E-state index in [2.05, 4.69) is 39.9 Å². The van der Waals surface area contributed by atoms with E-state index in [-0.39, 0.29) is 22.3 Å². The van der Waals surface area contributed by atoms with E-state index in [1.807, 2.05) is 27.7 Å². The van der Waals surface area contributed by atoms with Crippen LogP contribution >= 0.6 is 0 Å². The predicted molar refractivity (Wildman–Crippen MR) is 103 cm³/mol. The molecule has 1 amide bonds. The summed E-state index contributed by atoms with van der Waals surface area (Å²) in [6.07, 6.45) is 2.59. The second-order valence-corrected chi connectivity index (χ2v) is 10.4. The van der Waals surface area contributed by atoms with E-state index in [1.165, 1.54) is 0 Å². The number of carbonyl (C=O) groups excluding carboxylic acids is 1. The van der Waals surface area contributed by atoms with E-state index in [1.54, 1.807) is 0 Å². The summed E-state index contributed by atoms with van der Waals surface area (Å²) in [5.74, 6) is 0.102. The zero-order valence-corrected chi connectivity index (χ0v) is 17.6. The Morgan fingerprint density at radius 2 is 1.50 bits per heavy atom. The first-order chi connectivity index (χ1) is 10.6. The topological polar surface area (TPSA) is 64.3 Å². The lowest BCUT2D eigenvalue weighted by molar-refractivity contribution is -0.132. The highest BCUT2D eigenvalue weighted by Gasteiger charge is 2.31. The van der Waals surface area contributed by atoms with Crippen molar-refractivity contribution in [1.29, 1.82) is 0 Å². The molecule has 0 spiro atoms. The van der Waals surface area contributed by atoms with E-state index in [9.17, 15) is 4.79 Å². The molecule has 0 radical (unpaired) electrons. The van der Waals surface area contributed by atoms with Crippen molar-refractivity contribution in [2.75, 3.05) is 19.7 Å². The lowest BCUT2D eigenvalue weighted by Crippen LogP contribution is -2.43. The first kappa shape index (κ1) is 23.4. The molecule has 0 atom stereocenters. The highest BCUT2D eigenvalue weighted by Crippen LogP contribution is 2.33. The largest absolute Gasteiger partial charge is 0.375 e. The van der Waals surface area contributed by atoms with Crippen LogP contribution in [0.25, 0.3) is 0 Å². The van der Waals surface area contributed by atoms with Crippen molar-refractivity contribution in [3.8, 4) is 0 Å². The summed E-state index contributed by atoms with van der Waals surface area (Å²) in [6.45, 7) is 21.1. The van der Waals surface area contributed by atoms with Crippen molar-refractivity contribution < 1.29 is 9.53 Å². The summed E-state index contributed by atoms with van der Waals surface area (Å²) in [5, 5.41) is 3.14. The highest BCUT2D eigenvalue weighted by atomic mass is 16.5. The summed E-state index contributed by atoms with van der Waals surface area (Å²) in [7, 11) is 0. The molecule has 0 bridgehead atoms. The second-order valence-electron chi connectivity index (χ2n) is 10.4. The van der Waals surface area contributed by atoms with Crippen LogP contribution in [0.3, 0.4) is 0 Å². The van der Waals surface area contributed by atoms with Gasteiger partial charge in [0.25, 0.3) is 0 Å². The molecule has 0 aromatic carbocycles. The molecular formula is C20H42N2O2. The quantitative estimate of drug-likeness (QED) is 0.627. The molecule has 0 saturated heterocycles. The van der Waals surface area contributed by atoms with Crippen LogP contribution in [0.5, 0.6) is 0 Å². The van der Waals surface area contributed by atoms with Gasteiger partial charge in [-0.05, 0) is 50.5 Å². The fraction of sp³-hybridized carbons (Fsp3) is 0.950. The number of ether oxygens (including phenoxy) is 1. The van der Waals surface area contributed by atoms with Gasteiger partial charge in [0.2, 0.25) is 5.91 Å². The first-order valence-corrected chi connectivity index (χ1v) is 9.23. The lowest BCUT2D eigenvalue weighted by Gasteiger charge is -2.34. The van der Waals surface area contributed by atoms with Crippen molar-refractivity contribution in [2.24, 2.45) is 22.0 Å². The number of amides is 1. The Balaban J connectivity index is 4.43. The fourth-order valence-corrected chi connectivity index (χ4v) is 3.17. The molecule has 0 fully saturated rings. The minimum atomic E-state index is -0.434. The zero-order chi connectivity index (χ0) is 19.2. The Morgan fingerprint density at radius 1 is 0.958 bits per heavy atom. The molecule has 0 aliphatic heterocycles. The third kappa shape index (κ3) is 10.3. The lowest BCUT2D eigenvalue weighted by atomic mass is 9.76. The smallest absolute Gasteiger partial charge is 0.225 e. The van der Waals surface area contributed by atoms with Gasteiger partial charge in [0, 0.05) is 18.6 Å². The van der Waals surface area contributed by atoms with Crippen molar-refractivity contribution in [3.63, 3.8) is 0 Å². The van der Waals surface area contributed by atoms with Crippen LogP contribution in [0, 0.1) is 16.2 Å². The molecule has 0 rings (SSSR count). The molecular weight excluding hydrogens is 300 g/mol. The minimum Gasteiger partial charge on any atom is -0.375 e. The molecule has 144 valence electrons. The van der Waals surface area contributed by atoms with Gasteiger partial charge in [-0.25, -0.2) is 0 Å². The van der Waals surface area contributed by atoms with Crippen LogP contribution in [0.2, 0.25) is 0 Å². The maximum Gasteiger partial charge on any atom is 0.225 e. The molecule has 0 aliphatic carbocycles. The molecule has 0 aromatic rings. The van der Waals surface area contributed by atoms with Crippen LogP contribution < -0.4 is 11.1 Å². The minimum absolute atomic E-state index is 0.0869. The van der Waals surface area contributed by atoms with Gasteiger partial charge in [0.05, 0.1) is 5.60 Å². The summed E-state index contributed by atoms with van der Waals surface area (Å²) < 4.78 is 5.91. The number of nitrogens with two attached hydrogens (primary N) is 1. The highest BCUT2D eigenvalue weighted by molar-refractivity contribution is 5.81. The molecule has 24 heavy (non-hydrogen) atoms. The SMILES string of the molecule is CC(C)(C)CC(C)(C)CNC(=O)C(C)(C)CCOC(C)(C)CCN. The second kappa shape index (κ2) is 8.66. The normalized spacial score (nSPS) is 13.9. The van der Waals surface area contributed by atoms with Gasteiger partial charge in [-0.1, -0.05) is 48.5 Å². The molecule has 0 heterocycles. The molecule has 0 unspecified atom stereocenters. The van der Waals surface area contributed by atoms with Gasteiger partial charge in [0.15, 0.2) is 0 Å². The number of hydrogen-bond acceptors (Lipinski definition) is 3. The maximum atomic E-state index is 12.6. The van der Waals surface area contributed by atoms with E-state index < -0.39 is 5.41 Å². The average molecular weight is 343 g/mol. The van der Waals surface area contributed by atoms with Crippen molar-refractivity contribution >= 4 is 5.91 Å². The van der Waals surface area contributed by atoms with Crippen LogP contribution in [0.15, 0.2) is 0 Å². The van der Waals surface area contributed by atoms with Gasteiger partial charge >= 0.3 is 0 Å². The molecule has 4 heteroatoms. The number of nitrogens with one attached hydrogen (secondary N) is 1. The van der Waals surface area contributed by atoms with Crippen LogP contribution in [0.4, 0.5) is 0 Å². The van der Waals surface area contributed by atoms with Gasteiger partial charge in [-0.2, -0.15) is 0 Å². The standard InChI is InChI=1S/C20H42N2O2/c1-17(2,3)14-18(4,5)15-22-16(23)19(6,7)11-13-24-20(8,9)10-12-21/h10-15,21H2,1-9H3,(H,22,23). The Hall–Kier alpha value is -0.610. The van der Waals surface area contributed by atoms with E-state index in [0.717, 1.165) is 12.8 Å². The first-order valence-electron chi connectivity index (χ1n) is 9.23. The number of hydrogen-bond donors (Lipinski definition) is 2. The van der Waals surface area contributed by atoms with Crippen LogP contribution in [0.1, 0.15) is 81.6 Å². The van der Waals surface area contributed by atoms with Gasteiger partial charge in [-0.3, -0.25) is 4.79 Å². The summed E-state index contributed by atoms with van der Waals surface area (Å²) in [5.41, 5.74) is 5.28. The molecule has 0 aromatic heterocycles.